The first-order valence-electron chi connectivity index (χ1n) is 9.91. The maximum absolute atomic E-state index is 14.1. The van der Waals surface area contributed by atoms with Crippen LogP contribution < -0.4 is 0 Å². The number of aromatic nitrogens is 2. The van der Waals surface area contributed by atoms with Gasteiger partial charge < -0.3 is 4.90 Å². The summed E-state index contributed by atoms with van der Waals surface area (Å²) >= 11 is 0. The van der Waals surface area contributed by atoms with Gasteiger partial charge in [-0.2, -0.15) is 5.10 Å². The summed E-state index contributed by atoms with van der Waals surface area (Å²) in [5.74, 6) is -1.03. The van der Waals surface area contributed by atoms with Crippen molar-refractivity contribution >= 4 is 16.8 Å². The molecule has 1 amide bonds. The van der Waals surface area contributed by atoms with Crippen LogP contribution in [0.3, 0.4) is 0 Å². The van der Waals surface area contributed by atoms with E-state index in [-0.39, 0.29) is 24.7 Å². The number of carbonyl (C=O) groups excluding carboxylic acids is 1. The van der Waals surface area contributed by atoms with E-state index in [1.165, 1.54) is 29.2 Å². The minimum absolute atomic E-state index is 0.0195. The molecule has 0 radical (unpaired) electrons. The summed E-state index contributed by atoms with van der Waals surface area (Å²) in [6, 6.07) is 9.93. The summed E-state index contributed by atoms with van der Waals surface area (Å²) in [4.78, 5) is 14.4. The summed E-state index contributed by atoms with van der Waals surface area (Å²) in [6.45, 7) is 4.42. The number of alkyl halides is 1. The topological polar surface area (TPSA) is 38.1 Å². The van der Waals surface area contributed by atoms with Crippen LogP contribution >= 0.6 is 0 Å². The Labute approximate surface area is 172 Å². The third-order valence-electron chi connectivity index (χ3n) is 5.50. The van der Waals surface area contributed by atoms with Gasteiger partial charge in [0, 0.05) is 23.9 Å². The van der Waals surface area contributed by atoms with E-state index in [0.717, 1.165) is 5.52 Å². The second-order valence-corrected chi connectivity index (χ2v) is 7.64. The van der Waals surface area contributed by atoms with Gasteiger partial charge in [0.15, 0.2) is 0 Å². The summed E-state index contributed by atoms with van der Waals surface area (Å²) < 4.78 is 42.8. The molecule has 0 saturated carbocycles. The van der Waals surface area contributed by atoms with Crippen LogP contribution in [0.1, 0.15) is 30.9 Å². The molecule has 3 aromatic rings. The first-order valence-corrected chi connectivity index (χ1v) is 9.91. The second kappa shape index (κ2) is 8.34. The van der Waals surface area contributed by atoms with Crippen molar-refractivity contribution in [3.05, 3.63) is 78.0 Å². The SMILES string of the molecule is C=C(CCCn1ncc2cc(F)ccc21)C(=O)N1CC(F)CC1c1cccc(F)c1. The number of rotatable bonds is 6. The fourth-order valence-corrected chi connectivity index (χ4v) is 4.03. The van der Waals surface area contributed by atoms with E-state index < -0.39 is 18.0 Å². The molecule has 1 aliphatic heterocycles. The fraction of sp³-hybridized carbons (Fsp3) is 0.304. The molecule has 0 bridgehead atoms. The van der Waals surface area contributed by atoms with Crippen molar-refractivity contribution in [3.63, 3.8) is 0 Å². The van der Waals surface area contributed by atoms with Gasteiger partial charge in [-0.1, -0.05) is 18.7 Å². The maximum atomic E-state index is 14.1. The average molecular weight is 413 g/mol. The molecule has 2 atom stereocenters. The Morgan fingerprint density at radius 3 is 2.77 bits per heavy atom. The molecule has 0 spiro atoms. The van der Waals surface area contributed by atoms with Crippen molar-refractivity contribution < 1.29 is 18.0 Å². The van der Waals surface area contributed by atoms with Crippen molar-refractivity contribution in [1.29, 1.82) is 0 Å². The zero-order chi connectivity index (χ0) is 21.3. The van der Waals surface area contributed by atoms with Gasteiger partial charge in [0.25, 0.3) is 0 Å². The van der Waals surface area contributed by atoms with Crippen LogP contribution in [0.5, 0.6) is 0 Å². The third-order valence-corrected chi connectivity index (χ3v) is 5.50. The van der Waals surface area contributed by atoms with Gasteiger partial charge >= 0.3 is 0 Å². The highest BCUT2D eigenvalue weighted by molar-refractivity contribution is 5.93. The standard InChI is InChI=1S/C23H22F3N3O/c1-15(4-3-9-29-21-8-7-19(25)11-17(21)13-27-29)23(30)28-14-20(26)12-22(28)16-5-2-6-18(24)10-16/h2,5-8,10-11,13,20,22H,1,3-4,9,12,14H2. The molecule has 2 unspecified atom stereocenters. The zero-order valence-electron chi connectivity index (χ0n) is 16.4. The molecule has 0 aliphatic carbocycles. The van der Waals surface area contributed by atoms with Crippen molar-refractivity contribution in [2.24, 2.45) is 0 Å². The lowest BCUT2D eigenvalue weighted by atomic mass is 10.0. The number of amides is 1. The predicted octanol–water partition coefficient (Wildman–Crippen LogP) is 4.96. The van der Waals surface area contributed by atoms with Crippen LogP contribution in [0.15, 0.2) is 60.8 Å². The highest BCUT2D eigenvalue weighted by Crippen LogP contribution is 2.35. The zero-order valence-corrected chi connectivity index (χ0v) is 16.4. The number of carbonyl (C=O) groups is 1. The Morgan fingerprint density at radius 2 is 1.97 bits per heavy atom. The fourth-order valence-electron chi connectivity index (χ4n) is 4.03. The highest BCUT2D eigenvalue weighted by atomic mass is 19.1. The average Bonchev–Trinajstić information content (AvgIpc) is 3.30. The second-order valence-electron chi connectivity index (χ2n) is 7.64. The molecule has 1 saturated heterocycles. The molecule has 7 heteroatoms. The number of hydrogen-bond donors (Lipinski definition) is 0. The molecule has 30 heavy (non-hydrogen) atoms. The van der Waals surface area contributed by atoms with Gasteiger partial charge in [-0.15, -0.1) is 0 Å². The van der Waals surface area contributed by atoms with Gasteiger partial charge in [-0.05, 0) is 48.7 Å². The molecular weight excluding hydrogens is 391 g/mol. The van der Waals surface area contributed by atoms with E-state index in [4.69, 9.17) is 0 Å². The first-order chi connectivity index (χ1) is 14.4. The number of likely N-dealkylation sites (tertiary alicyclic amines) is 1. The molecule has 2 aromatic carbocycles. The van der Waals surface area contributed by atoms with Gasteiger partial charge in [-0.3, -0.25) is 9.48 Å². The molecule has 1 aromatic heterocycles. The van der Waals surface area contributed by atoms with Crippen molar-refractivity contribution in [1.82, 2.24) is 14.7 Å². The molecule has 2 heterocycles. The van der Waals surface area contributed by atoms with Crippen LogP contribution in [-0.2, 0) is 11.3 Å². The summed E-state index contributed by atoms with van der Waals surface area (Å²) in [7, 11) is 0. The quantitative estimate of drug-likeness (QED) is 0.536. The predicted molar refractivity (Wildman–Crippen MR) is 108 cm³/mol. The van der Waals surface area contributed by atoms with Crippen molar-refractivity contribution in [2.45, 2.75) is 38.0 Å². The van der Waals surface area contributed by atoms with E-state index in [0.29, 0.717) is 35.9 Å². The normalized spacial score (nSPS) is 18.8. The molecule has 0 N–H and O–H groups in total. The molecule has 1 aliphatic rings. The number of fused-ring (bicyclic) bond motifs is 1. The Balaban J connectivity index is 1.39. The van der Waals surface area contributed by atoms with E-state index in [1.807, 2.05) is 0 Å². The smallest absolute Gasteiger partial charge is 0.249 e. The van der Waals surface area contributed by atoms with E-state index >= 15 is 0 Å². The lowest BCUT2D eigenvalue weighted by Crippen LogP contribution is -2.32. The molecule has 4 rings (SSSR count). The van der Waals surface area contributed by atoms with Gasteiger partial charge in [-0.25, -0.2) is 13.2 Å². The van der Waals surface area contributed by atoms with Crippen molar-refractivity contribution in [2.75, 3.05) is 6.54 Å². The van der Waals surface area contributed by atoms with Gasteiger partial charge in [0.2, 0.25) is 5.91 Å². The lowest BCUT2D eigenvalue weighted by molar-refractivity contribution is -0.128. The van der Waals surface area contributed by atoms with E-state index in [9.17, 15) is 18.0 Å². The van der Waals surface area contributed by atoms with E-state index in [2.05, 4.69) is 11.7 Å². The third kappa shape index (κ3) is 4.10. The van der Waals surface area contributed by atoms with E-state index in [1.54, 1.807) is 29.1 Å². The monoisotopic (exact) mass is 413 g/mol. The summed E-state index contributed by atoms with van der Waals surface area (Å²) in [6.07, 6.45) is 1.64. The van der Waals surface area contributed by atoms with Gasteiger partial charge in [0.1, 0.15) is 17.8 Å². The number of hydrogen-bond acceptors (Lipinski definition) is 2. The molecule has 4 nitrogen and oxygen atoms in total. The Hall–Kier alpha value is -3.09. The Morgan fingerprint density at radius 1 is 1.17 bits per heavy atom. The number of aryl methyl sites for hydroxylation is 1. The lowest BCUT2D eigenvalue weighted by Gasteiger charge is -2.25. The van der Waals surface area contributed by atoms with Crippen LogP contribution in [0.25, 0.3) is 10.9 Å². The molecule has 1 fully saturated rings. The number of halogens is 3. The van der Waals surface area contributed by atoms with Crippen molar-refractivity contribution in [3.8, 4) is 0 Å². The first kappa shape index (κ1) is 20.2. The minimum atomic E-state index is -1.15. The van der Waals surface area contributed by atoms with Crippen LogP contribution in [0, 0.1) is 11.6 Å². The van der Waals surface area contributed by atoms with Gasteiger partial charge in [0.05, 0.1) is 24.3 Å². The Kier molecular flexibility index (Phi) is 5.61. The van der Waals surface area contributed by atoms with Crippen LogP contribution in [0.2, 0.25) is 0 Å². The number of benzene rings is 2. The summed E-state index contributed by atoms with van der Waals surface area (Å²) in [5, 5.41) is 4.98. The van der Waals surface area contributed by atoms with Crippen LogP contribution in [-0.4, -0.2) is 33.3 Å². The number of nitrogens with zero attached hydrogens (tertiary/aromatic N) is 3. The molecule has 156 valence electrons. The highest BCUT2D eigenvalue weighted by Gasteiger charge is 2.37. The Bertz CT molecular complexity index is 1090. The largest absolute Gasteiger partial charge is 0.329 e. The molecular formula is C23H22F3N3O. The minimum Gasteiger partial charge on any atom is -0.329 e. The maximum Gasteiger partial charge on any atom is 0.249 e. The summed E-state index contributed by atoms with van der Waals surface area (Å²) in [5.41, 5.74) is 1.79. The van der Waals surface area contributed by atoms with Crippen LogP contribution in [0.4, 0.5) is 13.2 Å².